The number of likely N-dealkylation sites (tertiary alicyclic amines) is 1. The molecule has 1 fully saturated rings. The van der Waals surface area contributed by atoms with Crippen LogP contribution in [0.2, 0.25) is 0 Å². The van der Waals surface area contributed by atoms with E-state index in [4.69, 9.17) is 5.73 Å². The zero-order chi connectivity index (χ0) is 19.0. The van der Waals surface area contributed by atoms with Gasteiger partial charge in [0.2, 0.25) is 0 Å². The highest BCUT2D eigenvalue weighted by molar-refractivity contribution is 5.99. The molecule has 1 aromatic carbocycles. The molecule has 0 radical (unpaired) electrons. The average molecular weight is 364 g/mol. The number of fused-ring (bicyclic) bond motifs is 1. The summed E-state index contributed by atoms with van der Waals surface area (Å²) in [5.74, 6) is 0.932. The molecule has 0 saturated carbocycles. The highest BCUT2D eigenvalue weighted by atomic mass is 15.3. The molecule has 0 aliphatic carbocycles. The molecule has 1 aromatic heterocycles. The summed E-state index contributed by atoms with van der Waals surface area (Å²) in [5.41, 5.74) is 12.6. The summed E-state index contributed by atoms with van der Waals surface area (Å²) in [7, 11) is 1.81. The van der Waals surface area contributed by atoms with Crippen LogP contribution in [0.1, 0.15) is 35.9 Å². The Hall–Kier alpha value is -2.37. The summed E-state index contributed by atoms with van der Waals surface area (Å²) in [4.78, 5) is 8.96. The minimum absolute atomic E-state index is 0.170. The van der Waals surface area contributed by atoms with Gasteiger partial charge in [0.25, 0.3) is 0 Å². The molecule has 2 aliphatic rings. The lowest BCUT2D eigenvalue weighted by atomic mass is 10.1. The number of hydrogen-bond donors (Lipinski definition) is 1. The van der Waals surface area contributed by atoms with Crippen LogP contribution in [-0.4, -0.2) is 41.6 Å². The number of rotatable bonds is 4. The molecule has 1 unspecified atom stereocenters. The van der Waals surface area contributed by atoms with Crippen molar-refractivity contribution in [3.8, 4) is 0 Å². The van der Waals surface area contributed by atoms with Crippen LogP contribution >= 0.6 is 0 Å². The monoisotopic (exact) mass is 363 g/mol. The number of hydrogen-bond acceptors (Lipinski definition) is 3. The molecule has 5 nitrogen and oxygen atoms in total. The molecular formula is C22H29N5. The Morgan fingerprint density at radius 2 is 1.93 bits per heavy atom. The van der Waals surface area contributed by atoms with Crippen LogP contribution in [0.3, 0.4) is 0 Å². The molecular weight excluding hydrogens is 334 g/mol. The van der Waals surface area contributed by atoms with E-state index in [1.165, 1.54) is 42.0 Å². The Morgan fingerprint density at radius 3 is 2.59 bits per heavy atom. The van der Waals surface area contributed by atoms with Crippen molar-refractivity contribution in [1.82, 2.24) is 9.47 Å². The van der Waals surface area contributed by atoms with Crippen LogP contribution in [0, 0.1) is 6.92 Å². The Balaban J connectivity index is 1.63. The van der Waals surface area contributed by atoms with Gasteiger partial charge in [-0.25, -0.2) is 0 Å². The van der Waals surface area contributed by atoms with Crippen molar-refractivity contribution in [1.29, 1.82) is 0 Å². The third kappa shape index (κ3) is 3.45. The summed E-state index contributed by atoms with van der Waals surface area (Å²) < 4.78 is 2.37. The maximum absolute atomic E-state index is 6.31. The lowest BCUT2D eigenvalue weighted by molar-refractivity contribution is 0.172. The number of aromatic nitrogens is 1. The van der Waals surface area contributed by atoms with E-state index in [0.29, 0.717) is 0 Å². The van der Waals surface area contributed by atoms with Gasteiger partial charge >= 0.3 is 0 Å². The summed E-state index contributed by atoms with van der Waals surface area (Å²) in [5, 5.41) is 0. The van der Waals surface area contributed by atoms with E-state index in [1.807, 2.05) is 20.0 Å². The second-order valence-corrected chi connectivity index (χ2v) is 7.58. The lowest BCUT2D eigenvalue weighted by Gasteiger charge is -2.31. The Labute approximate surface area is 161 Å². The number of nitrogens with two attached hydrogens (primary N) is 1. The fourth-order valence-corrected chi connectivity index (χ4v) is 4.00. The number of nitrogens with zero attached hydrogens (tertiary/aromatic N) is 4. The average Bonchev–Trinajstić information content (AvgIpc) is 2.93. The van der Waals surface area contributed by atoms with Crippen LogP contribution in [0.5, 0.6) is 0 Å². The van der Waals surface area contributed by atoms with Crippen LogP contribution in [0.15, 0.2) is 41.4 Å². The quantitative estimate of drug-likeness (QED) is 0.670. The van der Waals surface area contributed by atoms with Crippen LogP contribution in [-0.2, 0) is 13.1 Å². The van der Waals surface area contributed by atoms with Gasteiger partial charge in [0, 0.05) is 25.8 Å². The van der Waals surface area contributed by atoms with E-state index in [1.54, 1.807) is 0 Å². The fraction of sp³-hybridized carbons (Fsp3) is 0.409. The highest BCUT2D eigenvalue weighted by Gasteiger charge is 2.25. The van der Waals surface area contributed by atoms with E-state index in [-0.39, 0.29) is 6.17 Å². The van der Waals surface area contributed by atoms with E-state index >= 15 is 0 Å². The van der Waals surface area contributed by atoms with E-state index in [9.17, 15) is 0 Å². The molecule has 5 heteroatoms. The molecule has 0 spiro atoms. The smallest absolute Gasteiger partial charge is 0.103 e. The third-order valence-electron chi connectivity index (χ3n) is 5.69. The van der Waals surface area contributed by atoms with Crippen molar-refractivity contribution < 1.29 is 0 Å². The molecule has 0 amide bonds. The predicted molar refractivity (Wildman–Crippen MR) is 113 cm³/mol. The second-order valence-electron chi connectivity index (χ2n) is 7.58. The van der Waals surface area contributed by atoms with Crippen molar-refractivity contribution in [2.24, 2.45) is 10.7 Å². The molecule has 3 heterocycles. The highest BCUT2D eigenvalue weighted by Crippen LogP contribution is 2.32. The van der Waals surface area contributed by atoms with Crippen molar-refractivity contribution >= 4 is 17.6 Å². The summed E-state index contributed by atoms with van der Waals surface area (Å²) in [6, 6.07) is 11.2. The van der Waals surface area contributed by atoms with Crippen molar-refractivity contribution in [3.63, 3.8) is 0 Å². The predicted octanol–water partition coefficient (Wildman–Crippen LogP) is 3.22. The first-order valence-electron chi connectivity index (χ1n) is 9.73. The molecule has 4 rings (SSSR count). The van der Waals surface area contributed by atoms with Gasteiger partial charge in [-0.3, -0.25) is 9.89 Å². The molecule has 0 bridgehead atoms. The fourth-order valence-electron chi connectivity index (χ4n) is 4.00. The minimum atomic E-state index is -0.170. The number of benzene rings is 1. The Morgan fingerprint density at radius 1 is 1.19 bits per heavy atom. The topological polar surface area (TPSA) is 49.8 Å². The minimum Gasteiger partial charge on any atom is -0.339 e. The molecule has 142 valence electrons. The van der Waals surface area contributed by atoms with Gasteiger partial charge in [-0.15, -0.1) is 0 Å². The number of anilines is 1. The van der Waals surface area contributed by atoms with Gasteiger partial charge in [0.1, 0.15) is 12.0 Å². The third-order valence-corrected chi connectivity index (χ3v) is 5.69. The SMILES string of the molecule is CN=C(C)N1c2cc(C)n(Cc3cccc(CN4CCC4)c3)c2C=CC1N. The molecule has 1 saturated heterocycles. The van der Waals surface area contributed by atoms with E-state index in [2.05, 4.69) is 62.7 Å². The lowest BCUT2D eigenvalue weighted by Crippen LogP contribution is -2.45. The molecule has 1 atom stereocenters. The second kappa shape index (κ2) is 7.33. The largest absolute Gasteiger partial charge is 0.339 e. The first kappa shape index (κ1) is 18.0. The zero-order valence-electron chi connectivity index (χ0n) is 16.5. The summed E-state index contributed by atoms with van der Waals surface area (Å²) >= 11 is 0. The van der Waals surface area contributed by atoms with Crippen molar-refractivity contribution in [3.05, 3.63) is 58.9 Å². The number of aryl methyl sites for hydroxylation is 1. The maximum atomic E-state index is 6.31. The van der Waals surface area contributed by atoms with Crippen molar-refractivity contribution in [2.45, 2.75) is 39.5 Å². The van der Waals surface area contributed by atoms with Gasteiger partial charge in [0.05, 0.1) is 11.4 Å². The number of aliphatic imine (C=N–C) groups is 1. The van der Waals surface area contributed by atoms with Crippen LogP contribution < -0.4 is 10.6 Å². The van der Waals surface area contributed by atoms with Crippen LogP contribution in [0.25, 0.3) is 6.08 Å². The van der Waals surface area contributed by atoms with Gasteiger partial charge in [-0.2, -0.15) is 0 Å². The van der Waals surface area contributed by atoms with Gasteiger partial charge in [-0.1, -0.05) is 24.3 Å². The van der Waals surface area contributed by atoms with E-state index in [0.717, 1.165) is 24.6 Å². The molecule has 27 heavy (non-hydrogen) atoms. The molecule has 2 aromatic rings. The van der Waals surface area contributed by atoms with Crippen molar-refractivity contribution in [2.75, 3.05) is 25.0 Å². The maximum Gasteiger partial charge on any atom is 0.103 e. The zero-order valence-corrected chi connectivity index (χ0v) is 16.5. The van der Waals surface area contributed by atoms with Gasteiger partial charge in [-0.05, 0) is 62.7 Å². The summed E-state index contributed by atoms with van der Waals surface area (Å²) in [6.07, 6.45) is 5.36. The number of amidine groups is 1. The first-order valence-corrected chi connectivity index (χ1v) is 9.73. The molecule has 2 N–H and O–H groups in total. The molecule has 2 aliphatic heterocycles. The normalized spacial score (nSPS) is 19.9. The van der Waals surface area contributed by atoms with Gasteiger partial charge in [0.15, 0.2) is 0 Å². The van der Waals surface area contributed by atoms with E-state index < -0.39 is 0 Å². The first-order chi connectivity index (χ1) is 13.1. The Bertz CT molecular complexity index is 888. The van der Waals surface area contributed by atoms with Gasteiger partial charge < -0.3 is 15.2 Å². The summed E-state index contributed by atoms with van der Waals surface area (Å²) in [6.45, 7) is 8.56. The Kier molecular flexibility index (Phi) is 4.89. The standard InChI is InChI=1S/C22H29N5/c1-16-12-21-20(8-9-22(23)27(21)17(2)24-3)26(16)15-19-7-4-6-18(13-19)14-25-10-5-11-25/h4,6-9,12-13,22H,5,10-11,14-15,23H2,1-3H3. The van der Waals surface area contributed by atoms with Crippen LogP contribution in [0.4, 0.5) is 5.69 Å².